The smallest absolute Gasteiger partial charge is 0.269 e. The van der Waals surface area contributed by atoms with Crippen molar-refractivity contribution in [3.63, 3.8) is 0 Å². The molecular weight excluding hydrogens is 216 g/mol. The summed E-state index contributed by atoms with van der Waals surface area (Å²) in [5.74, 6) is 0. The number of nitrogens with zero attached hydrogens (tertiary/aromatic N) is 2. The molecule has 0 spiro atoms. The lowest BCUT2D eigenvalue weighted by molar-refractivity contribution is -0.384. The van der Waals surface area contributed by atoms with Gasteiger partial charge in [0.25, 0.3) is 5.69 Å². The largest absolute Gasteiger partial charge is 0.369 e. The Labute approximate surface area is 100 Å². The van der Waals surface area contributed by atoms with Gasteiger partial charge in [0, 0.05) is 25.2 Å². The average molecular weight is 230 g/mol. The molecule has 17 heavy (non-hydrogen) atoms. The number of nitro benzene ring substituents is 1. The quantitative estimate of drug-likeness (QED) is 0.592. The normalized spacial score (nSPS) is 14.6. The van der Waals surface area contributed by atoms with E-state index in [-0.39, 0.29) is 10.6 Å². The molecule has 0 N–H and O–H groups in total. The molecule has 0 aliphatic carbocycles. The van der Waals surface area contributed by atoms with Gasteiger partial charge in [0.05, 0.1) is 4.92 Å². The Morgan fingerprint density at radius 3 is 2.59 bits per heavy atom. The summed E-state index contributed by atoms with van der Waals surface area (Å²) in [6.45, 7) is 3.73. The Bertz CT molecular complexity index is 475. The lowest BCUT2D eigenvalue weighted by Crippen LogP contribution is -2.18. The first kappa shape index (κ1) is 11.4. The molecule has 4 nitrogen and oxygen atoms in total. The highest BCUT2D eigenvalue weighted by molar-refractivity contribution is 5.33. The minimum Gasteiger partial charge on any atom is -0.369 e. The number of benzene rings is 1. The molecule has 88 valence electrons. The van der Waals surface area contributed by atoms with E-state index in [1.54, 1.807) is 24.3 Å². The van der Waals surface area contributed by atoms with E-state index in [1.807, 2.05) is 0 Å². The predicted octanol–water partition coefficient (Wildman–Crippen LogP) is 2.87. The molecule has 0 atom stereocenters. The second kappa shape index (κ2) is 4.82. The number of hydrogen-bond acceptors (Lipinski definition) is 3. The van der Waals surface area contributed by atoms with Gasteiger partial charge in [-0.2, -0.15) is 0 Å². The number of allylic oxidation sites excluding steroid dienone is 2. The van der Waals surface area contributed by atoms with Gasteiger partial charge in [0.1, 0.15) is 0 Å². The zero-order valence-electron chi connectivity index (χ0n) is 9.67. The summed E-state index contributed by atoms with van der Waals surface area (Å²) in [5, 5.41) is 10.5. The van der Waals surface area contributed by atoms with Crippen LogP contribution in [0.4, 0.5) is 5.69 Å². The van der Waals surface area contributed by atoms with Crippen LogP contribution in [-0.2, 0) is 6.54 Å². The van der Waals surface area contributed by atoms with Crippen molar-refractivity contribution in [3.05, 3.63) is 63.9 Å². The molecule has 1 aliphatic heterocycles. The van der Waals surface area contributed by atoms with Gasteiger partial charge in [-0.15, -0.1) is 0 Å². The molecular formula is C13H14N2O2. The SMILES string of the molecule is CC1=CCN(Cc2ccc([N+](=O)[O-])cc2)C=C1. The monoisotopic (exact) mass is 230 g/mol. The van der Waals surface area contributed by atoms with Crippen LogP contribution in [0.15, 0.2) is 48.2 Å². The van der Waals surface area contributed by atoms with Crippen LogP contribution in [-0.4, -0.2) is 16.4 Å². The Balaban J connectivity index is 2.00. The van der Waals surface area contributed by atoms with Crippen LogP contribution in [0.3, 0.4) is 0 Å². The highest BCUT2D eigenvalue weighted by Gasteiger charge is 2.06. The molecule has 2 rings (SSSR count). The first-order valence-corrected chi connectivity index (χ1v) is 5.47. The molecule has 0 bridgehead atoms. The second-order valence-corrected chi connectivity index (χ2v) is 4.12. The molecule has 1 aliphatic rings. The fourth-order valence-corrected chi connectivity index (χ4v) is 1.69. The Morgan fingerprint density at radius 2 is 2.06 bits per heavy atom. The first-order valence-electron chi connectivity index (χ1n) is 5.47. The Hall–Kier alpha value is -2.10. The fourth-order valence-electron chi connectivity index (χ4n) is 1.69. The third-order valence-corrected chi connectivity index (χ3v) is 2.73. The van der Waals surface area contributed by atoms with E-state index in [4.69, 9.17) is 0 Å². The zero-order chi connectivity index (χ0) is 12.3. The van der Waals surface area contributed by atoms with Crippen LogP contribution in [0.5, 0.6) is 0 Å². The van der Waals surface area contributed by atoms with E-state index in [2.05, 4.69) is 30.2 Å². The molecule has 0 aromatic heterocycles. The van der Waals surface area contributed by atoms with Gasteiger partial charge in [0.2, 0.25) is 0 Å². The summed E-state index contributed by atoms with van der Waals surface area (Å²) in [6, 6.07) is 6.70. The van der Waals surface area contributed by atoms with Crippen molar-refractivity contribution in [2.75, 3.05) is 6.54 Å². The maximum atomic E-state index is 10.5. The first-order chi connectivity index (χ1) is 8.15. The summed E-state index contributed by atoms with van der Waals surface area (Å²) in [5.41, 5.74) is 2.48. The Kier molecular flexibility index (Phi) is 3.23. The molecule has 0 amide bonds. The molecule has 1 aromatic rings. The number of rotatable bonds is 3. The van der Waals surface area contributed by atoms with E-state index in [0.29, 0.717) is 0 Å². The van der Waals surface area contributed by atoms with Crippen LogP contribution in [0.1, 0.15) is 12.5 Å². The third-order valence-electron chi connectivity index (χ3n) is 2.73. The molecule has 0 saturated heterocycles. The minimum atomic E-state index is -0.378. The van der Waals surface area contributed by atoms with Crippen molar-refractivity contribution in [2.45, 2.75) is 13.5 Å². The van der Waals surface area contributed by atoms with Crippen molar-refractivity contribution >= 4 is 5.69 Å². The second-order valence-electron chi connectivity index (χ2n) is 4.12. The van der Waals surface area contributed by atoms with Gasteiger partial charge in [-0.25, -0.2) is 0 Å². The highest BCUT2D eigenvalue weighted by atomic mass is 16.6. The number of hydrogen-bond donors (Lipinski definition) is 0. The molecule has 0 saturated carbocycles. The van der Waals surface area contributed by atoms with Crippen LogP contribution >= 0.6 is 0 Å². The van der Waals surface area contributed by atoms with Crippen LogP contribution in [0, 0.1) is 10.1 Å². The van der Waals surface area contributed by atoms with Crippen molar-refractivity contribution in [1.29, 1.82) is 0 Å². The maximum absolute atomic E-state index is 10.5. The van der Waals surface area contributed by atoms with Crippen molar-refractivity contribution in [1.82, 2.24) is 4.90 Å². The van der Waals surface area contributed by atoms with Crippen LogP contribution in [0.25, 0.3) is 0 Å². The average Bonchev–Trinajstić information content (AvgIpc) is 2.33. The summed E-state index contributed by atoms with van der Waals surface area (Å²) in [7, 11) is 0. The molecule has 1 aromatic carbocycles. The molecule has 0 unspecified atom stereocenters. The number of non-ortho nitro benzene ring substituents is 1. The van der Waals surface area contributed by atoms with E-state index >= 15 is 0 Å². The summed E-state index contributed by atoms with van der Waals surface area (Å²) in [6.07, 6.45) is 6.27. The molecule has 0 fully saturated rings. The van der Waals surface area contributed by atoms with Crippen molar-refractivity contribution < 1.29 is 4.92 Å². The van der Waals surface area contributed by atoms with Crippen LogP contribution in [0.2, 0.25) is 0 Å². The zero-order valence-corrected chi connectivity index (χ0v) is 9.67. The lowest BCUT2D eigenvalue weighted by Gasteiger charge is -2.21. The standard InChI is InChI=1S/C13H14N2O2/c1-11-6-8-14(9-7-11)10-12-2-4-13(5-3-12)15(16)17/h2-8H,9-10H2,1H3. The van der Waals surface area contributed by atoms with Gasteiger partial charge in [0.15, 0.2) is 0 Å². The lowest BCUT2D eigenvalue weighted by atomic mass is 10.1. The van der Waals surface area contributed by atoms with Crippen molar-refractivity contribution in [2.24, 2.45) is 0 Å². The molecule has 4 heteroatoms. The number of nitro groups is 1. The predicted molar refractivity (Wildman–Crippen MR) is 66.4 cm³/mol. The van der Waals surface area contributed by atoms with Gasteiger partial charge in [-0.3, -0.25) is 10.1 Å². The van der Waals surface area contributed by atoms with E-state index in [1.165, 1.54) is 5.57 Å². The van der Waals surface area contributed by atoms with Gasteiger partial charge in [-0.1, -0.05) is 23.8 Å². The topological polar surface area (TPSA) is 46.4 Å². The van der Waals surface area contributed by atoms with Crippen LogP contribution < -0.4 is 0 Å². The summed E-state index contributed by atoms with van der Waals surface area (Å²) < 4.78 is 0. The van der Waals surface area contributed by atoms with E-state index in [0.717, 1.165) is 18.7 Å². The maximum Gasteiger partial charge on any atom is 0.269 e. The molecule has 1 heterocycles. The summed E-state index contributed by atoms with van der Waals surface area (Å²) >= 11 is 0. The van der Waals surface area contributed by atoms with Gasteiger partial charge in [-0.05, 0) is 24.8 Å². The van der Waals surface area contributed by atoms with E-state index in [9.17, 15) is 10.1 Å². The molecule has 0 radical (unpaired) electrons. The van der Waals surface area contributed by atoms with Gasteiger partial charge >= 0.3 is 0 Å². The Morgan fingerprint density at radius 1 is 1.35 bits per heavy atom. The third kappa shape index (κ3) is 2.93. The fraction of sp³-hybridized carbons (Fsp3) is 0.231. The minimum absolute atomic E-state index is 0.138. The summed E-state index contributed by atoms with van der Waals surface area (Å²) in [4.78, 5) is 12.3. The van der Waals surface area contributed by atoms with Gasteiger partial charge < -0.3 is 4.90 Å². The van der Waals surface area contributed by atoms with Crippen molar-refractivity contribution in [3.8, 4) is 0 Å². The van der Waals surface area contributed by atoms with E-state index < -0.39 is 0 Å². The highest BCUT2D eigenvalue weighted by Crippen LogP contribution is 2.15.